The molecule has 0 aromatic carbocycles. The number of allylic oxidation sites excluding steroid dienone is 12. The van der Waals surface area contributed by atoms with Gasteiger partial charge in [-0.25, -0.2) is 4.79 Å². The lowest BCUT2D eigenvalue weighted by molar-refractivity contribution is -0.101. The van der Waals surface area contributed by atoms with E-state index in [0.717, 1.165) is 83.6 Å². The van der Waals surface area contributed by atoms with Gasteiger partial charge in [-0.05, 0) is 136 Å². The highest BCUT2D eigenvalue weighted by Gasteiger charge is 2.38. The van der Waals surface area contributed by atoms with Crippen molar-refractivity contribution in [1.29, 1.82) is 0 Å². The molecule has 5 nitrogen and oxygen atoms in total. The molecule has 1 unspecified atom stereocenters. The largest absolute Gasteiger partial charge is 0.443 e. The molecule has 0 fully saturated rings. The van der Waals surface area contributed by atoms with Crippen LogP contribution in [0.2, 0.25) is 0 Å². The molecule has 378 valence electrons. The molecule has 0 bridgehead atoms. The number of carbonyl (C=O) groups is 1. The maximum absolute atomic E-state index is 13.6. The molecule has 1 atom stereocenters. The Hall–Kier alpha value is -2.37. The monoisotopic (exact) mass is 907 g/mol. The summed E-state index contributed by atoms with van der Waals surface area (Å²) < 4.78 is 6.39. The third-order valence-corrected chi connectivity index (χ3v) is 12.8. The minimum Gasteiger partial charge on any atom is -0.443 e. The third kappa shape index (κ3) is 43.9. The summed E-state index contributed by atoms with van der Waals surface area (Å²) in [6, 6.07) is 0. The number of ether oxygens (including phenoxy) is 1. The van der Waals surface area contributed by atoms with Gasteiger partial charge >= 0.3 is 6.09 Å². The molecule has 0 rings (SSSR count). The van der Waals surface area contributed by atoms with Crippen LogP contribution in [0.15, 0.2) is 72.9 Å². The average molecular weight is 908 g/mol. The fourth-order valence-corrected chi connectivity index (χ4v) is 8.41. The van der Waals surface area contributed by atoms with Gasteiger partial charge in [-0.3, -0.25) is 0 Å². The summed E-state index contributed by atoms with van der Waals surface area (Å²) in [5.41, 5.74) is -0.985. The standard InChI is InChI=1S/C60H110N2O3/c1-7-10-13-16-19-22-25-28-31-34-37-40-43-46-49-53-58(65-59(63)62(6)57-52-56-61(4)5)60(64,54-50-47-44-41-38-35-32-29-26-23-20-17-14-11-8-2)55-51-48-45-42-39-36-33-30-27-24-21-18-15-12-9-3/h17-22,26-31,58,64H,7-16,23-25,32-57H2,1-6H3. The van der Waals surface area contributed by atoms with Crippen LogP contribution in [0.1, 0.15) is 258 Å². The summed E-state index contributed by atoms with van der Waals surface area (Å²) in [5.74, 6) is 0. The van der Waals surface area contributed by atoms with Crippen LogP contribution in [-0.2, 0) is 4.74 Å². The molecule has 1 N–H and O–H groups in total. The number of rotatable bonds is 48. The molecule has 1 amide bonds. The van der Waals surface area contributed by atoms with Gasteiger partial charge in [0.2, 0.25) is 0 Å². The van der Waals surface area contributed by atoms with Crippen LogP contribution in [0, 0.1) is 0 Å². The summed E-state index contributed by atoms with van der Waals surface area (Å²) in [4.78, 5) is 17.5. The van der Waals surface area contributed by atoms with Crippen LogP contribution in [-0.4, -0.2) is 66.9 Å². The first kappa shape index (κ1) is 62.6. The highest BCUT2D eigenvalue weighted by atomic mass is 16.6. The van der Waals surface area contributed by atoms with Crippen LogP contribution < -0.4 is 0 Å². The molecule has 0 aromatic heterocycles. The SMILES string of the molecule is CCCCC=CCC=CCCCCCCCCC(O)(CCCCCCCCC=CCC=CCCCC)C(CCCCCCCC=CCC=CCCCCC)OC(=O)N(C)CCCN(C)C. The molecule has 65 heavy (non-hydrogen) atoms. The van der Waals surface area contributed by atoms with Gasteiger partial charge in [0, 0.05) is 13.6 Å². The summed E-state index contributed by atoms with van der Waals surface area (Å²) in [6.45, 7) is 8.34. The van der Waals surface area contributed by atoms with Crippen molar-refractivity contribution in [3.05, 3.63) is 72.9 Å². The van der Waals surface area contributed by atoms with Crippen molar-refractivity contribution in [3.63, 3.8) is 0 Å². The fraction of sp³-hybridized carbons (Fsp3) is 0.783. The molecule has 0 aliphatic heterocycles. The van der Waals surface area contributed by atoms with E-state index in [1.54, 1.807) is 4.90 Å². The number of unbranched alkanes of at least 4 members (excludes halogenated alkanes) is 24. The number of hydrogen-bond donors (Lipinski definition) is 1. The van der Waals surface area contributed by atoms with Crippen molar-refractivity contribution in [2.24, 2.45) is 0 Å². The summed E-state index contributed by atoms with van der Waals surface area (Å²) in [7, 11) is 6.00. The minimum atomic E-state index is -0.985. The van der Waals surface area contributed by atoms with Crippen molar-refractivity contribution in [2.75, 3.05) is 34.2 Å². The Kier molecular flexibility index (Phi) is 47.7. The van der Waals surface area contributed by atoms with Gasteiger partial charge in [0.25, 0.3) is 0 Å². The van der Waals surface area contributed by atoms with E-state index in [1.165, 1.54) is 148 Å². The van der Waals surface area contributed by atoms with E-state index in [-0.39, 0.29) is 6.09 Å². The van der Waals surface area contributed by atoms with Gasteiger partial charge in [0.05, 0.1) is 0 Å². The molecule has 0 aliphatic carbocycles. The molecule has 0 radical (unpaired) electrons. The zero-order valence-electron chi connectivity index (χ0n) is 44.2. The Balaban J connectivity index is 5.30. The second kappa shape index (κ2) is 49.5. The first-order chi connectivity index (χ1) is 31.8. The van der Waals surface area contributed by atoms with Gasteiger partial charge in [-0.2, -0.15) is 0 Å². The first-order valence-electron chi connectivity index (χ1n) is 28.0. The molecule has 5 heteroatoms. The predicted molar refractivity (Wildman–Crippen MR) is 289 cm³/mol. The molecule has 0 saturated carbocycles. The van der Waals surface area contributed by atoms with Crippen LogP contribution in [0.5, 0.6) is 0 Å². The Labute approximate surface area is 406 Å². The summed E-state index contributed by atoms with van der Waals surface area (Å²) in [6.07, 6.45) is 69.4. The van der Waals surface area contributed by atoms with E-state index >= 15 is 0 Å². The van der Waals surface area contributed by atoms with Crippen molar-refractivity contribution in [1.82, 2.24) is 9.80 Å². The van der Waals surface area contributed by atoms with Crippen LogP contribution in [0.3, 0.4) is 0 Å². The average Bonchev–Trinajstić information content (AvgIpc) is 3.29. The van der Waals surface area contributed by atoms with Gasteiger partial charge in [-0.1, -0.05) is 216 Å². The van der Waals surface area contributed by atoms with Crippen molar-refractivity contribution in [2.45, 2.75) is 270 Å². The molecule has 0 heterocycles. The Morgan fingerprint density at radius 1 is 0.431 bits per heavy atom. The van der Waals surface area contributed by atoms with E-state index in [0.29, 0.717) is 19.4 Å². The molecule has 0 aliphatic rings. The quantitative estimate of drug-likeness (QED) is 0.0488. The highest BCUT2D eigenvalue weighted by molar-refractivity contribution is 5.67. The van der Waals surface area contributed by atoms with Crippen LogP contribution >= 0.6 is 0 Å². The van der Waals surface area contributed by atoms with Gasteiger partial charge < -0.3 is 19.6 Å². The molecule has 0 saturated heterocycles. The Bertz CT molecular complexity index is 1140. The lowest BCUT2D eigenvalue weighted by atomic mass is 9.82. The van der Waals surface area contributed by atoms with Gasteiger partial charge in [0.15, 0.2) is 0 Å². The minimum absolute atomic E-state index is 0.280. The van der Waals surface area contributed by atoms with Crippen molar-refractivity contribution in [3.8, 4) is 0 Å². The number of amides is 1. The summed E-state index contributed by atoms with van der Waals surface area (Å²) >= 11 is 0. The highest BCUT2D eigenvalue weighted by Crippen LogP contribution is 2.32. The van der Waals surface area contributed by atoms with Gasteiger partial charge in [-0.15, -0.1) is 0 Å². The molecule has 0 aromatic rings. The van der Waals surface area contributed by atoms with E-state index in [9.17, 15) is 9.90 Å². The zero-order valence-corrected chi connectivity index (χ0v) is 44.2. The summed E-state index contributed by atoms with van der Waals surface area (Å²) in [5, 5.41) is 12.6. The van der Waals surface area contributed by atoms with Crippen molar-refractivity contribution >= 4 is 6.09 Å². The Morgan fingerprint density at radius 2 is 0.769 bits per heavy atom. The van der Waals surface area contributed by atoms with E-state index in [4.69, 9.17) is 4.74 Å². The topological polar surface area (TPSA) is 53.0 Å². The number of carbonyl (C=O) groups excluding carboxylic acids is 1. The van der Waals surface area contributed by atoms with Gasteiger partial charge in [0.1, 0.15) is 11.7 Å². The number of aliphatic hydroxyl groups is 1. The lowest BCUT2D eigenvalue weighted by Crippen LogP contribution is -2.47. The lowest BCUT2D eigenvalue weighted by Gasteiger charge is -2.37. The molecular weight excluding hydrogens is 797 g/mol. The maximum atomic E-state index is 13.6. The van der Waals surface area contributed by atoms with E-state index in [1.807, 2.05) is 7.05 Å². The number of hydrogen-bond acceptors (Lipinski definition) is 4. The van der Waals surface area contributed by atoms with Crippen molar-refractivity contribution < 1.29 is 14.6 Å². The second-order valence-corrected chi connectivity index (χ2v) is 19.5. The van der Waals surface area contributed by atoms with Crippen LogP contribution in [0.25, 0.3) is 0 Å². The third-order valence-electron chi connectivity index (χ3n) is 12.8. The molecular formula is C60H110N2O3. The van der Waals surface area contributed by atoms with Crippen LogP contribution in [0.4, 0.5) is 4.79 Å². The van der Waals surface area contributed by atoms with E-state index < -0.39 is 11.7 Å². The predicted octanol–water partition coefficient (Wildman–Crippen LogP) is 18.5. The normalized spacial score (nSPS) is 13.9. The first-order valence-corrected chi connectivity index (χ1v) is 28.0. The smallest absolute Gasteiger partial charge is 0.409 e. The Morgan fingerprint density at radius 3 is 1.15 bits per heavy atom. The van der Waals surface area contributed by atoms with E-state index in [2.05, 4.69) is 113 Å². The second-order valence-electron chi connectivity index (χ2n) is 19.5. The maximum Gasteiger partial charge on any atom is 0.409 e. The fourth-order valence-electron chi connectivity index (χ4n) is 8.41. The number of nitrogens with zero attached hydrogens (tertiary/aromatic N) is 2. The molecule has 0 spiro atoms. The zero-order chi connectivity index (χ0) is 47.6.